The number of nitrogens with one attached hydrogen (secondary N) is 1. The minimum absolute atomic E-state index is 0.0995. The van der Waals surface area contributed by atoms with Crippen LogP contribution in [-0.2, 0) is 14.8 Å². The van der Waals surface area contributed by atoms with Crippen LogP contribution < -0.4 is 5.32 Å². The summed E-state index contributed by atoms with van der Waals surface area (Å²) in [6.45, 7) is 5.81. The highest BCUT2D eigenvalue weighted by Gasteiger charge is 2.27. The average molecular weight is 278 g/mol. The average Bonchev–Trinajstić information content (AvgIpc) is 2.37. The van der Waals surface area contributed by atoms with Gasteiger partial charge in [-0.15, -0.1) is 0 Å². The van der Waals surface area contributed by atoms with Gasteiger partial charge >= 0.3 is 0 Å². The number of methoxy groups -OCH3 is 1. The molecule has 1 rings (SSSR count). The summed E-state index contributed by atoms with van der Waals surface area (Å²) in [4.78, 5) is 0. The first-order valence-corrected chi connectivity index (χ1v) is 8.38. The highest BCUT2D eigenvalue weighted by Crippen LogP contribution is 2.19. The van der Waals surface area contributed by atoms with Gasteiger partial charge in [-0.25, -0.2) is 12.7 Å². The van der Waals surface area contributed by atoms with Gasteiger partial charge in [-0.2, -0.15) is 0 Å². The SMILES string of the molecule is CCCNCC1CCN(S(=O)(=O)CCOC)CC1. The predicted octanol–water partition coefficient (Wildman–Crippen LogP) is 0.674. The summed E-state index contributed by atoms with van der Waals surface area (Å²) in [5, 5.41) is 3.40. The summed E-state index contributed by atoms with van der Waals surface area (Å²) in [7, 11) is -1.58. The van der Waals surface area contributed by atoms with E-state index in [1.54, 1.807) is 4.31 Å². The van der Waals surface area contributed by atoms with E-state index in [2.05, 4.69) is 12.2 Å². The lowest BCUT2D eigenvalue weighted by Gasteiger charge is -2.31. The van der Waals surface area contributed by atoms with Crippen LogP contribution in [0.2, 0.25) is 0 Å². The molecule has 108 valence electrons. The third-order valence-electron chi connectivity index (χ3n) is 3.37. The first-order valence-electron chi connectivity index (χ1n) is 6.77. The van der Waals surface area contributed by atoms with E-state index in [9.17, 15) is 8.42 Å². The molecule has 0 aromatic rings. The van der Waals surface area contributed by atoms with Gasteiger partial charge in [0.05, 0.1) is 12.4 Å². The van der Waals surface area contributed by atoms with Crippen LogP contribution in [0, 0.1) is 5.92 Å². The van der Waals surface area contributed by atoms with Crippen molar-refractivity contribution in [2.24, 2.45) is 5.92 Å². The minimum Gasteiger partial charge on any atom is -0.384 e. The molecule has 1 N–H and O–H groups in total. The molecule has 5 nitrogen and oxygen atoms in total. The van der Waals surface area contributed by atoms with E-state index < -0.39 is 10.0 Å². The van der Waals surface area contributed by atoms with Crippen LogP contribution in [0.5, 0.6) is 0 Å². The Balaban J connectivity index is 2.30. The number of sulfonamides is 1. The summed E-state index contributed by atoms with van der Waals surface area (Å²) in [6.07, 6.45) is 3.07. The molecule has 6 heteroatoms. The van der Waals surface area contributed by atoms with E-state index in [0.717, 1.165) is 32.4 Å². The van der Waals surface area contributed by atoms with Gasteiger partial charge in [-0.05, 0) is 38.3 Å². The van der Waals surface area contributed by atoms with Crippen molar-refractivity contribution in [3.63, 3.8) is 0 Å². The predicted molar refractivity (Wildman–Crippen MR) is 73.1 cm³/mol. The summed E-state index contributed by atoms with van der Waals surface area (Å²) >= 11 is 0. The van der Waals surface area contributed by atoms with Gasteiger partial charge in [0.25, 0.3) is 0 Å². The van der Waals surface area contributed by atoms with Crippen molar-refractivity contribution in [1.29, 1.82) is 0 Å². The molecule has 0 saturated carbocycles. The molecule has 1 aliphatic heterocycles. The van der Waals surface area contributed by atoms with Crippen LogP contribution in [0.3, 0.4) is 0 Å². The Hall–Kier alpha value is -0.170. The number of piperidine rings is 1. The fraction of sp³-hybridized carbons (Fsp3) is 1.00. The van der Waals surface area contributed by atoms with E-state index in [0.29, 0.717) is 19.0 Å². The molecule has 0 aromatic carbocycles. The van der Waals surface area contributed by atoms with E-state index in [1.807, 2.05) is 0 Å². The van der Waals surface area contributed by atoms with Crippen LogP contribution in [-0.4, -0.2) is 58.4 Å². The zero-order valence-electron chi connectivity index (χ0n) is 11.5. The Morgan fingerprint density at radius 3 is 2.56 bits per heavy atom. The summed E-state index contributed by atoms with van der Waals surface area (Å²) in [5.74, 6) is 0.716. The Kier molecular flexibility index (Phi) is 7.14. The van der Waals surface area contributed by atoms with Crippen molar-refractivity contribution in [3.05, 3.63) is 0 Å². The van der Waals surface area contributed by atoms with Crippen LogP contribution in [0.25, 0.3) is 0 Å². The van der Waals surface area contributed by atoms with E-state index in [4.69, 9.17) is 4.74 Å². The second kappa shape index (κ2) is 8.09. The Morgan fingerprint density at radius 1 is 1.33 bits per heavy atom. The number of ether oxygens (including phenoxy) is 1. The molecule has 0 radical (unpaired) electrons. The Morgan fingerprint density at radius 2 is 2.00 bits per heavy atom. The monoisotopic (exact) mass is 278 g/mol. The highest BCUT2D eigenvalue weighted by molar-refractivity contribution is 7.89. The number of hydrogen-bond donors (Lipinski definition) is 1. The normalized spacial score (nSPS) is 19.2. The zero-order valence-corrected chi connectivity index (χ0v) is 12.3. The lowest BCUT2D eigenvalue weighted by atomic mass is 9.98. The zero-order chi connectivity index (χ0) is 13.4. The van der Waals surface area contributed by atoms with Gasteiger partial charge in [0.1, 0.15) is 0 Å². The summed E-state index contributed by atoms with van der Waals surface area (Å²) in [6, 6.07) is 0. The van der Waals surface area contributed by atoms with E-state index in [1.165, 1.54) is 7.11 Å². The van der Waals surface area contributed by atoms with Crippen molar-refractivity contribution < 1.29 is 13.2 Å². The summed E-state index contributed by atoms with van der Waals surface area (Å²) in [5.41, 5.74) is 0. The van der Waals surface area contributed by atoms with Gasteiger partial charge < -0.3 is 10.1 Å². The molecule has 18 heavy (non-hydrogen) atoms. The number of rotatable bonds is 8. The molecule has 0 bridgehead atoms. The lowest BCUT2D eigenvalue weighted by Crippen LogP contribution is -2.42. The maximum Gasteiger partial charge on any atom is 0.216 e. The molecular weight excluding hydrogens is 252 g/mol. The molecule has 1 aliphatic rings. The third kappa shape index (κ3) is 5.22. The van der Waals surface area contributed by atoms with Gasteiger partial charge in [0.2, 0.25) is 10.0 Å². The van der Waals surface area contributed by atoms with E-state index >= 15 is 0 Å². The Labute approximate surface area is 111 Å². The molecule has 0 aromatic heterocycles. The van der Waals surface area contributed by atoms with Crippen molar-refractivity contribution in [3.8, 4) is 0 Å². The van der Waals surface area contributed by atoms with Crippen molar-refractivity contribution in [1.82, 2.24) is 9.62 Å². The quantitative estimate of drug-likeness (QED) is 0.663. The van der Waals surface area contributed by atoms with Crippen molar-refractivity contribution >= 4 is 10.0 Å². The third-order valence-corrected chi connectivity index (χ3v) is 5.21. The standard InChI is InChI=1S/C12H26N2O3S/c1-3-6-13-11-12-4-7-14(8-5-12)18(15,16)10-9-17-2/h12-13H,3-11H2,1-2H3. The second-order valence-electron chi connectivity index (χ2n) is 4.86. The van der Waals surface area contributed by atoms with Gasteiger partial charge in [-0.3, -0.25) is 0 Å². The van der Waals surface area contributed by atoms with E-state index in [-0.39, 0.29) is 12.4 Å². The molecule has 0 amide bonds. The molecule has 0 unspecified atom stereocenters. The Bertz CT molecular complexity index is 311. The number of hydrogen-bond acceptors (Lipinski definition) is 4. The maximum atomic E-state index is 11.9. The summed E-state index contributed by atoms with van der Waals surface area (Å²) < 4.78 is 30.3. The van der Waals surface area contributed by atoms with Crippen molar-refractivity contribution in [2.75, 3.05) is 45.6 Å². The first-order chi connectivity index (χ1) is 8.60. The smallest absolute Gasteiger partial charge is 0.216 e. The fourth-order valence-electron chi connectivity index (χ4n) is 2.19. The lowest BCUT2D eigenvalue weighted by molar-refractivity contribution is 0.213. The molecule has 1 fully saturated rings. The largest absolute Gasteiger partial charge is 0.384 e. The first kappa shape index (κ1) is 15.9. The molecule has 0 atom stereocenters. The van der Waals surface area contributed by atoms with Crippen LogP contribution in [0.1, 0.15) is 26.2 Å². The van der Waals surface area contributed by atoms with Gasteiger partial charge in [-0.1, -0.05) is 6.92 Å². The van der Waals surface area contributed by atoms with Crippen LogP contribution >= 0.6 is 0 Å². The molecule has 1 saturated heterocycles. The topological polar surface area (TPSA) is 58.6 Å². The van der Waals surface area contributed by atoms with Crippen molar-refractivity contribution in [2.45, 2.75) is 26.2 Å². The molecule has 0 spiro atoms. The fourth-order valence-corrected chi connectivity index (χ4v) is 3.59. The number of nitrogens with zero attached hydrogens (tertiary/aromatic N) is 1. The highest BCUT2D eigenvalue weighted by atomic mass is 32.2. The maximum absolute atomic E-state index is 11.9. The van der Waals surface area contributed by atoms with Gasteiger partial charge in [0.15, 0.2) is 0 Å². The van der Waals surface area contributed by atoms with Gasteiger partial charge in [0, 0.05) is 20.2 Å². The van der Waals surface area contributed by atoms with Crippen LogP contribution in [0.15, 0.2) is 0 Å². The minimum atomic E-state index is -3.11. The van der Waals surface area contributed by atoms with Crippen LogP contribution in [0.4, 0.5) is 0 Å². The molecule has 1 heterocycles. The molecule has 0 aliphatic carbocycles. The second-order valence-corrected chi connectivity index (χ2v) is 6.94. The molecular formula is C12H26N2O3S.